The van der Waals surface area contributed by atoms with Gasteiger partial charge in [0.2, 0.25) is 5.78 Å². The fraction of sp³-hybridized carbons (Fsp3) is 0.444. The molecule has 1 aromatic carbocycles. The Labute approximate surface area is 140 Å². The van der Waals surface area contributed by atoms with Crippen LogP contribution in [-0.4, -0.2) is 41.5 Å². The summed E-state index contributed by atoms with van der Waals surface area (Å²) in [5.74, 6) is 0.159. The lowest BCUT2D eigenvalue weighted by Gasteiger charge is -2.30. The minimum atomic E-state index is -0.202. The normalized spacial score (nSPS) is 21.6. The summed E-state index contributed by atoms with van der Waals surface area (Å²) in [4.78, 5) is 26.3. The Morgan fingerprint density at radius 3 is 3.04 bits per heavy atom. The van der Waals surface area contributed by atoms with E-state index in [0.29, 0.717) is 30.0 Å². The zero-order chi connectivity index (χ0) is 17.3. The van der Waals surface area contributed by atoms with Crippen molar-refractivity contribution in [2.24, 2.45) is 5.92 Å². The maximum atomic E-state index is 12.5. The summed E-state index contributed by atoms with van der Waals surface area (Å²) in [5, 5.41) is 9.75. The molecule has 0 radical (unpaired) electrons. The van der Waals surface area contributed by atoms with Gasteiger partial charge < -0.3 is 19.5 Å². The SMILES string of the molecule is CCOC(=O)C1CCCN(/C=C2\Oc3c(ccc(O)c3C)C2=O)C1. The largest absolute Gasteiger partial charge is 0.508 e. The van der Waals surface area contributed by atoms with Crippen LogP contribution in [-0.2, 0) is 9.53 Å². The van der Waals surface area contributed by atoms with Gasteiger partial charge in [0.15, 0.2) is 5.76 Å². The van der Waals surface area contributed by atoms with Crippen LogP contribution in [0.5, 0.6) is 11.5 Å². The molecular weight excluding hydrogens is 310 g/mol. The number of piperidine rings is 1. The number of likely N-dealkylation sites (tertiary alicyclic amines) is 1. The highest BCUT2D eigenvalue weighted by Crippen LogP contribution is 2.38. The molecule has 6 nitrogen and oxygen atoms in total. The van der Waals surface area contributed by atoms with Crippen LogP contribution in [0.15, 0.2) is 24.1 Å². The molecular formula is C18H21NO5. The topological polar surface area (TPSA) is 76.1 Å². The average Bonchev–Trinajstić information content (AvgIpc) is 2.88. The number of Topliss-reactive ketones (excluding diaryl/α,β-unsaturated/α-hetero) is 1. The molecule has 0 saturated carbocycles. The minimum Gasteiger partial charge on any atom is -0.508 e. The van der Waals surface area contributed by atoms with E-state index in [1.165, 1.54) is 6.07 Å². The number of ketones is 1. The molecule has 1 aromatic rings. The van der Waals surface area contributed by atoms with Crippen LogP contribution in [0.4, 0.5) is 0 Å². The standard InChI is InChI=1S/C18H21NO5/c1-3-23-18(22)12-5-4-8-19(9-12)10-15-16(21)13-6-7-14(20)11(2)17(13)24-15/h6-7,10,12,20H,3-5,8-9H2,1-2H3/b15-10-. The quantitative estimate of drug-likeness (QED) is 0.677. The van der Waals surface area contributed by atoms with Crippen LogP contribution in [0.1, 0.15) is 35.7 Å². The van der Waals surface area contributed by atoms with Gasteiger partial charge in [-0.1, -0.05) is 0 Å². The Hall–Kier alpha value is -2.50. The van der Waals surface area contributed by atoms with E-state index >= 15 is 0 Å². The molecule has 0 bridgehead atoms. The fourth-order valence-corrected chi connectivity index (χ4v) is 3.11. The average molecular weight is 331 g/mol. The van der Waals surface area contributed by atoms with E-state index in [2.05, 4.69) is 0 Å². The molecule has 1 atom stereocenters. The van der Waals surface area contributed by atoms with Gasteiger partial charge in [0.1, 0.15) is 11.5 Å². The Kier molecular flexibility index (Phi) is 4.46. The van der Waals surface area contributed by atoms with Gasteiger partial charge in [-0.15, -0.1) is 0 Å². The van der Waals surface area contributed by atoms with Gasteiger partial charge >= 0.3 is 5.97 Å². The summed E-state index contributed by atoms with van der Waals surface area (Å²) in [5.41, 5.74) is 1.00. The van der Waals surface area contributed by atoms with E-state index < -0.39 is 0 Å². The van der Waals surface area contributed by atoms with Crippen LogP contribution >= 0.6 is 0 Å². The maximum Gasteiger partial charge on any atom is 0.310 e. The smallest absolute Gasteiger partial charge is 0.310 e. The molecule has 3 rings (SSSR count). The summed E-state index contributed by atoms with van der Waals surface area (Å²) in [6, 6.07) is 3.06. The van der Waals surface area contributed by atoms with E-state index in [1.807, 2.05) is 4.90 Å². The molecule has 1 fully saturated rings. The summed E-state index contributed by atoms with van der Waals surface area (Å²) in [6.07, 6.45) is 3.32. The van der Waals surface area contributed by atoms with E-state index in [1.54, 1.807) is 26.1 Å². The molecule has 6 heteroatoms. The lowest BCUT2D eigenvalue weighted by Crippen LogP contribution is -2.36. The maximum absolute atomic E-state index is 12.5. The number of hydrogen-bond acceptors (Lipinski definition) is 6. The molecule has 1 unspecified atom stereocenters. The molecule has 0 aliphatic carbocycles. The predicted octanol–water partition coefficient (Wildman–Crippen LogP) is 2.39. The number of ether oxygens (including phenoxy) is 2. The number of fused-ring (bicyclic) bond motifs is 1. The number of nitrogens with zero attached hydrogens (tertiary/aromatic N) is 1. The first-order valence-corrected chi connectivity index (χ1v) is 8.19. The fourth-order valence-electron chi connectivity index (χ4n) is 3.11. The highest BCUT2D eigenvalue weighted by atomic mass is 16.5. The number of benzene rings is 1. The molecule has 2 aliphatic heterocycles. The number of phenolic OH excluding ortho intramolecular Hbond substituents is 1. The molecule has 24 heavy (non-hydrogen) atoms. The van der Waals surface area contributed by atoms with Crippen molar-refractivity contribution in [1.29, 1.82) is 0 Å². The first-order chi connectivity index (χ1) is 11.5. The third kappa shape index (κ3) is 2.96. The second-order valence-electron chi connectivity index (χ2n) is 6.10. The molecule has 128 valence electrons. The van der Waals surface area contributed by atoms with Crippen molar-refractivity contribution in [3.05, 3.63) is 35.2 Å². The number of phenols is 1. The number of hydrogen-bond donors (Lipinski definition) is 1. The van der Waals surface area contributed by atoms with Gasteiger partial charge in [-0.3, -0.25) is 9.59 Å². The monoisotopic (exact) mass is 331 g/mol. The van der Waals surface area contributed by atoms with Crippen molar-refractivity contribution in [2.75, 3.05) is 19.7 Å². The number of carbonyl (C=O) groups is 2. The Morgan fingerprint density at radius 2 is 2.29 bits per heavy atom. The van der Waals surface area contributed by atoms with Crippen LogP contribution < -0.4 is 4.74 Å². The number of allylic oxidation sites excluding steroid dienone is 1. The number of esters is 1. The zero-order valence-electron chi connectivity index (χ0n) is 13.9. The second kappa shape index (κ2) is 6.55. The van der Waals surface area contributed by atoms with Gasteiger partial charge in [-0.25, -0.2) is 0 Å². The summed E-state index contributed by atoms with van der Waals surface area (Å²) < 4.78 is 10.8. The first kappa shape index (κ1) is 16.4. The molecule has 0 spiro atoms. The molecule has 0 amide bonds. The third-order valence-corrected chi connectivity index (χ3v) is 4.43. The van der Waals surface area contributed by atoms with Crippen molar-refractivity contribution in [1.82, 2.24) is 4.90 Å². The van der Waals surface area contributed by atoms with Crippen molar-refractivity contribution in [2.45, 2.75) is 26.7 Å². The van der Waals surface area contributed by atoms with Gasteiger partial charge in [-0.2, -0.15) is 0 Å². The number of carbonyl (C=O) groups excluding carboxylic acids is 2. The third-order valence-electron chi connectivity index (χ3n) is 4.43. The molecule has 2 aliphatic rings. The summed E-state index contributed by atoms with van der Waals surface area (Å²) in [6.45, 7) is 5.15. The van der Waals surface area contributed by atoms with E-state index in [0.717, 1.165) is 19.4 Å². The summed E-state index contributed by atoms with van der Waals surface area (Å²) in [7, 11) is 0. The van der Waals surface area contributed by atoms with E-state index in [-0.39, 0.29) is 29.2 Å². The highest BCUT2D eigenvalue weighted by Gasteiger charge is 2.32. The highest BCUT2D eigenvalue weighted by molar-refractivity contribution is 6.12. The molecule has 2 heterocycles. The number of aromatic hydroxyl groups is 1. The van der Waals surface area contributed by atoms with Gasteiger partial charge in [0, 0.05) is 24.9 Å². The summed E-state index contributed by atoms with van der Waals surface area (Å²) >= 11 is 0. The van der Waals surface area contributed by atoms with Crippen molar-refractivity contribution >= 4 is 11.8 Å². The molecule has 0 aromatic heterocycles. The number of rotatable bonds is 3. The Balaban J connectivity index is 1.76. The first-order valence-electron chi connectivity index (χ1n) is 8.19. The van der Waals surface area contributed by atoms with Crippen LogP contribution in [0.2, 0.25) is 0 Å². The van der Waals surface area contributed by atoms with Crippen molar-refractivity contribution in [3.8, 4) is 11.5 Å². The van der Waals surface area contributed by atoms with Gasteiger partial charge in [0.05, 0.1) is 18.1 Å². The van der Waals surface area contributed by atoms with Crippen molar-refractivity contribution < 1.29 is 24.2 Å². The van der Waals surface area contributed by atoms with Crippen molar-refractivity contribution in [3.63, 3.8) is 0 Å². The van der Waals surface area contributed by atoms with Gasteiger partial charge in [-0.05, 0) is 38.8 Å². The lowest BCUT2D eigenvalue weighted by molar-refractivity contribution is -0.149. The van der Waals surface area contributed by atoms with Gasteiger partial charge in [0.25, 0.3) is 0 Å². The zero-order valence-corrected chi connectivity index (χ0v) is 13.9. The lowest BCUT2D eigenvalue weighted by atomic mass is 9.98. The Morgan fingerprint density at radius 1 is 1.50 bits per heavy atom. The van der Waals surface area contributed by atoms with E-state index in [9.17, 15) is 14.7 Å². The second-order valence-corrected chi connectivity index (χ2v) is 6.10. The van der Waals surface area contributed by atoms with Crippen LogP contribution in [0.3, 0.4) is 0 Å². The van der Waals surface area contributed by atoms with Crippen LogP contribution in [0, 0.1) is 12.8 Å². The van der Waals surface area contributed by atoms with E-state index in [4.69, 9.17) is 9.47 Å². The Bertz CT molecular complexity index is 710. The molecule has 1 saturated heterocycles. The predicted molar refractivity (Wildman–Crippen MR) is 86.8 cm³/mol. The minimum absolute atomic E-state index is 0.100. The molecule has 1 N–H and O–H groups in total. The van der Waals surface area contributed by atoms with Crippen LogP contribution in [0.25, 0.3) is 0 Å².